The van der Waals surface area contributed by atoms with Crippen LogP contribution < -0.4 is 5.32 Å². The van der Waals surface area contributed by atoms with Gasteiger partial charge in [0.15, 0.2) is 0 Å². The number of hydrogen-bond donors (Lipinski definition) is 1. The molecule has 1 nitrogen and oxygen atoms in total. The molecule has 0 aliphatic rings. The van der Waals surface area contributed by atoms with Gasteiger partial charge in [-0.15, -0.1) is 11.8 Å². The Kier molecular flexibility index (Phi) is 5.98. The van der Waals surface area contributed by atoms with Crippen LogP contribution in [0, 0.1) is 17.3 Å². The van der Waals surface area contributed by atoms with Crippen molar-refractivity contribution in [3.05, 3.63) is 0 Å². The molecule has 0 spiro atoms. The van der Waals surface area contributed by atoms with Gasteiger partial charge in [0.05, 0.1) is 0 Å². The molecule has 0 radical (unpaired) electrons. The molecule has 0 rings (SSSR count). The molecule has 0 heterocycles. The van der Waals surface area contributed by atoms with E-state index < -0.39 is 0 Å². The monoisotopic (exact) mass is 209 g/mol. The third-order valence-electron chi connectivity index (χ3n) is 2.56. The molecule has 0 saturated carbocycles. The van der Waals surface area contributed by atoms with Crippen LogP contribution in [0.25, 0.3) is 0 Å². The van der Waals surface area contributed by atoms with E-state index in [0.29, 0.717) is 5.41 Å². The number of hydrogen-bond acceptors (Lipinski definition) is 1. The lowest BCUT2D eigenvalue weighted by Crippen LogP contribution is -2.37. The summed E-state index contributed by atoms with van der Waals surface area (Å²) < 4.78 is 0. The molecule has 0 bridgehead atoms. The highest BCUT2D eigenvalue weighted by atomic mass is 14.9. The first-order chi connectivity index (χ1) is 6.77. The molecule has 0 amide bonds. The van der Waals surface area contributed by atoms with Gasteiger partial charge < -0.3 is 5.32 Å². The first-order valence-electron chi connectivity index (χ1n) is 5.91. The van der Waals surface area contributed by atoms with Gasteiger partial charge in [-0.25, -0.2) is 0 Å². The van der Waals surface area contributed by atoms with Crippen LogP contribution in [0.3, 0.4) is 0 Å². The summed E-state index contributed by atoms with van der Waals surface area (Å²) in [6.07, 6.45) is 3.44. The third-order valence-corrected chi connectivity index (χ3v) is 2.56. The molecule has 0 aromatic heterocycles. The van der Waals surface area contributed by atoms with Crippen molar-refractivity contribution in [2.45, 2.75) is 66.3 Å². The topological polar surface area (TPSA) is 12.0 Å². The van der Waals surface area contributed by atoms with Crippen molar-refractivity contribution in [3.8, 4) is 11.8 Å². The van der Waals surface area contributed by atoms with Crippen molar-refractivity contribution in [2.24, 2.45) is 5.41 Å². The van der Waals surface area contributed by atoms with Crippen molar-refractivity contribution in [1.82, 2.24) is 5.32 Å². The standard InChI is InChI=1S/C14H27N/c1-7-8-9-10-14(5,6)11-12-15-13(2,3)4/h15H,9-12H2,1-6H3. The number of rotatable bonds is 5. The highest BCUT2D eigenvalue weighted by Crippen LogP contribution is 2.26. The van der Waals surface area contributed by atoms with Crippen LogP contribution in [0.5, 0.6) is 0 Å². The lowest BCUT2D eigenvalue weighted by molar-refractivity contribution is 0.287. The Hall–Kier alpha value is -0.480. The fraction of sp³-hybridized carbons (Fsp3) is 0.857. The maximum atomic E-state index is 3.53. The zero-order valence-electron chi connectivity index (χ0n) is 11.3. The Morgan fingerprint density at radius 1 is 1.00 bits per heavy atom. The summed E-state index contributed by atoms with van der Waals surface area (Å²) in [6.45, 7) is 14.3. The Morgan fingerprint density at radius 3 is 2.07 bits per heavy atom. The van der Waals surface area contributed by atoms with Crippen LogP contribution in [0.2, 0.25) is 0 Å². The van der Waals surface area contributed by atoms with Gasteiger partial charge in [0.25, 0.3) is 0 Å². The predicted octanol–water partition coefficient (Wildman–Crippen LogP) is 3.59. The van der Waals surface area contributed by atoms with Gasteiger partial charge in [-0.2, -0.15) is 0 Å². The fourth-order valence-corrected chi connectivity index (χ4v) is 1.43. The summed E-state index contributed by atoms with van der Waals surface area (Å²) in [5.41, 5.74) is 0.640. The van der Waals surface area contributed by atoms with E-state index >= 15 is 0 Å². The third kappa shape index (κ3) is 9.82. The minimum atomic E-state index is 0.235. The van der Waals surface area contributed by atoms with Gasteiger partial charge in [0, 0.05) is 12.0 Å². The summed E-state index contributed by atoms with van der Waals surface area (Å²) in [4.78, 5) is 0. The van der Waals surface area contributed by atoms with Crippen molar-refractivity contribution < 1.29 is 0 Å². The summed E-state index contributed by atoms with van der Waals surface area (Å²) in [5.74, 6) is 6.10. The highest BCUT2D eigenvalue weighted by molar-refractivity contribution is 4.95. The van der Waals surface area contributed by atoms with Crippen LogP contribution >= 0.6 is 0 Å². The molecule has 0 aliphatic carbocycles. The van der Waals surface area contributed by atoms with Crippen LogP contribution in [-0.2, 0) is 0 Å². The number of nitrogens with one attached hydrogen (secondary N) is 1. The quantitative estimate of drug-likeness (QED) is 0.682. The molecule has 0 aromatic rings. The molecular weight excluding hydrogens is 182 g/mol. The predicted molar refractivity (Wildman–Crippen MR) is 68.8 cm³/mol. The molecule has 1 heteroatoms. The molecule has 15 heavy (non-hydrogen) atoms. The second-order valence-corrected chi connectivity index (χ2v) is 6.02. The largest absolute Gasteiger partial charge is 0.312 e. The van der Waals surface area contributed by atoms with Gasteiger partial charge in [-0.1, -0.05) is 13.8 Å². The van der Waals surface area contributed by atoms with Crippen molar-refractivity contribution >= 4 is 0 Å². The maximum Gasteiger partial charge on any atom is 0.00965 e. The van der Waals surface area contributed by atoms with Crippen molar-refractivity contribution in [2.75, 3.05) is 6.54 Å². The lowest BCUT2D eigenvalue weighted by atomic mass is 9.84. The summed E-state index contributed by atoms with van der Waals surface area (Å²) in [7, 11) is 0. The lowest BCUT2D eigenvalue weighted by Gasteiger charge is -2.27. The van der Waals surface area contributed by atoms with Gasteiger partial charge in [-0.3, -0.25) is 0 Å². The molecule has 0 aromatic carbocycles. The molecule has 88 valence electrons. The molecule has 0 atom stereocenters. The van der Waals surface area contributed by atoms with E-state index in [0.717, 1.165) is 13.0 Å². The SMILES string of the molecule is CC#CCCC(C)(C)CCNC(C)(C)C. The summed E-state index contributed by atoms with van der Waals surface area (Å²) in [5, 5.41) is 3.53. The molecule has 0 fully saturated rings. The van der Waals surface area contributed by atoms with Crippen LogP contribution in [0.1, 0.15) is 60.8 Å². The van der Waals surface area contributed by atoms with Crippen LogP contribution in [-0.4, -0.2) is 12.1 Å². The van der Waals surface area contributed by atoms with E-state index in [2.05, 4.69) is 51.8 Å². The van der Waals surface area contributed by atoms with E-state index in [9.17, 15) is 0 Å². The molecule has 1 N–H and O–H groups in total. The zero-order chi connectivity index (χ0) is 11.9. The molecule has 0 saturated heterocycles. The first kappa shape index (κ1) is 14.5. The minimum absolute atomic E-state index is 0.235. The van der Waals surface area contributed by atoms with E-state index in [1.165, 1.54) is 12.8 Å². The Balaban J connectivity index is 3.77. The van der Waals surface area contributed by atoms with E-state index in [1.807, 2.05) is 6.92 Å². The smallest absolute Gasteiger partial charge is 0.00965 e. The molecule has 0 aliphatic heterocycles. The van der Waals surface area contributed by atoms with E-state index in [-0.39, 0.29) is 5.54 Å². The second-order valence-electron chi connectivity index (χ2n) is 6.02. The Bertz CT molecular complexity index is 222. The average molecular weight is 209 g/mol. The zero-order valence-corrected chi connectivity index (χ0v) is 11.3. The average Bonchev–Trinajstić information content (AvgIpc) is 2.01. The Labute approximate surface area is 96.0 Å². The molecule has 0 unspecified atom stereocenters. The van der Waals surface area contributed by atoms with Crippen molar-refractivity contribution in [3.63, 3.8) is 0 Å². The van der Waals surface area contributed by atoms with E-state index in [1.54, 1.807) is 0 Å². The Morgan fingerprint density at radius 2 is 1.60 bits per heavy atom. The first-order valence-corrected chi connectivity index (χ1v) is 5.91. The second kappa shape index (κ2) is 6.18. The van der Waals surface area contributed by atoms with Crippen LogP contribution in [0.4, 0.5) is 0 Å². The molecular formula is C14H27N. The van der Waals surface area contributed by atoms with Crippen molar-refractivity contribution in [1.29, 1.82) is 0 Å². The highest BCUT2D eigenvalue weighted by Gasteiger charge is 2.18. The fourth-order valence-electron chi connectivity index (χ4n) is 1.43. The summed E-state index contributed by atoms with van der Waals surface area (Å²) >= 11 is 0. The summed E-state index contributed by atoms with van der Waals surface area (Å²) in [6, 6.07) is 0. The van der Waals surface area contributed by atoms with Gasteiger partial charge in [-0.05, 0) is 52.5 Å². The van der Waals surface area contributed by atoms with Gasteiger partial charge >= 0.3 is 0 Å². The normalized spacial score (nSPS) is 12.1. The van der Waals surface area contributed by atoms with Crippen LogP contribution in [0.15, 0.2) is 0 Å². The van der Waals surface area contributed by atoms with Gasteiger partial charge in [0.2, 0.25) is 0 Å². The van der Waals surface area contributed by atoms with Gasteiger partial charge in [0.1, 0.15) is 0 Å². The minimum Gasteiger partial charge on any atom is -0.312 e. The maximum absolute atomic E-state index is 3.53. The van der Waals surface area contributed by atoms with E-state index in [4.69, 9.17) is 0 Å².